The Balaban J connectivity index is 1.44. The second kappa shape index (κ2) is 7.33. The number of anilines is 2. The Morgan fingerprint density at radius 3 is 2.62 bits per heavy atom. The van der Waals surface area contributed by atoms with E-state index < -0.39 is 0 Å². The highest BCUT2D eigenvalue weighted by molar-refractivity contribution is 6.30. The molecule has 2 fully saturated rings. The van der Waals surface area contributed by atoms with E-state index in [1.165, 1.54) is 0 Å². The van der Waals surface area contributed by atoms with Gasteiger partial charge in [0.05, 0.1) is 30.9 Å². The van der Waals surface area contributed by atoms with Crippen LogP contribution in [0.4, 0.5) is 11.4 Å². The van der Waals surface area contributed by atoms with Crippen molar-refractivity contribution in [2.45, 2.75) is 6.04 Å². The molecule has 29 heavy (non-hydrogen) atoms. The average Bonchev–Trinajstić information content (AvgIpc) is 3.11. The molecule has 3 aliphatic rings. The number of nitrogens with zero attached hydrogens (tertiary/aromatic N) is 2. The largest absolute Gasteiger partial charge is 0.384 e. The van der Waals surface area contributed by atoms with Gasteiger partial charge in [0.15, 0.2) is 0 Å². The fourth-order valence-electron chi connectivity index (χ4n) is 4.17. The number of ether oxygens (including phenoxy) is 1. The molecule has 2 atom stereocenters. The monoisotopic (exact) mass is 412 g/mol. The van der Waals surface area contributed by atoms with Crippen molar-refractivity contribution in [1.82, 2.24) is 10.3 Å². The number of benzene rings is 2. The summed E-state index contributed by atoms with van der Waals surface area (Å²) >= 11 is 5.98. The van der Waals surface area contributed by atoms with E-state index >= 15 is 0 Å². The number of fused-ring (bicyclic) bond motifs is 3. The minimum absolute atomic E-state index is 0.000353. The second-order valence-corrected chi connectivity index (χ2v) is 7.89. The lowest BCUT2D eigenvalue weighted by atomic mass is 9.88. The highest BCUT2D eigenvalue weighted by Gasteiger charge is 2.44. The lowest BCUT2D eigenvalue weighted by Gasteiger charge is -2.29. The molecule has 150 valence electrons. The van der Waals surface area contributed by atoms with Crippen LogP contribution in [-0.4, -0.2) is 49.6 Å². The molecule has 2 saturated heterocycles. The average molecular weight is 413 g/mol. The molecule has 0 saturated carbocycles. The van der Waals surface area contributed by atoms with E-state index in [9.17, 15) is 9.59 Å². The van der Waals surface area contributed by atoms with Crippen molar-refractivity contribution in [2.24, 2.45) is 5.92 Å². The lowest BCUT2D eigenvalue weighted by molar-refractivity contribution is -0.120. The van der Waals surface area contributed by atoms with Crippen LogP contribution in [-0.2, 0) is 9.53 Å². The van der Waals surface area contributed by atoms with Crippen LogP contribution >= 0.6 is 11.6 Å². The third-order valence-corrected chi connectivity index (χ3v) is 5.99. The van der Waals surface area contributed by atoms with Gasteiger partial charge in [-0.3, -0.25) is 9.59 Å². The number of morpholine rings is 1. The van der Waals surface area contributed by atoms with E-state index in [0.29, 0.717) is 43.4 Å². The molecule has 3 heterocycles. The third-order valence-electron chi connectivity index (χ3n) is 5.74. The molecule has 2 amide bonds. The first-order chi connectivity index (χ1) is 14.1. The smallest absolute Gasteiger partial charge is 0.254 e. The van der Waals surface area contributed by atoms with Gasteiger partial charge in [-0.25, -0.2) is 10.4 Å². The quantitative estimate of drug-likeness (QED) is 0.792. The number of hydrogen-bond acceptors (Lipinski definition) is 5. The summed E-state index contributed by atoms with van der Waals surface area (Å²) in [6, 6.07) is 12.6. The van der Waals surface area contributed by atoms with Gasteiger partial charge < -0.3 is 15.0 Å². The lowest BCUT2D eigenvalue weighted by Crippen LogP contribution is -2.41. The molecule has 2 aromatic rings. The van der Waals surface area contributed by atoms with Gasteiger partial charge in [-0.1, -0.05) is 11.6 Å². The Morgan fingerprint density at radius 1 is 1.10 bits per heavy atom. The SMILES string of the molecule is O=C(c1ccc2c(c1)C1NN(c3ccc(Cl)cc3)C(=O)C1CN2)N1CCOCC1. The number of hydrazine groups is 1. The summed E-state index contributed by atoms with van der Waals surface area (Å²) < 4.78 is 5.34. The normalized spacial score (nSPS) is 23.4. The van der Waals surface area contributed by atoms with Gasteiger partial charge in [0.1, 0.15) is 0 Å². The molecule has 0 spiro atoms. The zero-order valence-electron chi connectivity index (χ0n) is 15.7. The third kappa shape index (κ3) is 3.25. The van der Waals surface area contributed by atoms with Crippen LogP contribution in [0.15, 0.2) is 42.5 Å². The number of carbonyl (C=O) groups excluding carboxylic acids is 2. The van der Waals surface area contributed by atoms with Crippen LogP contribution in [0.25, 0.3) is 0 Å². The van der Waals surface area contributed by atoms with Crippen molar-refractivity contribution in [3.63, 3.8) is 0 Å². The van der Waals surface area contributed by atoms with E-state index in [4.69, 9.17) is 16.3 Å². The molecule has 2 aromatic carbocycles. The highest BCUT2D eigenvalue weighted by atomic mass is 35.5. The minimum Gasteiger partial charge on any atom is -0.384 e. The molecule has 7 nitrogen and oxygen atoms in total. The first-order valence-corrected chi connectivity index (χ1v) is 10.1. The molecule has 0 radical (unpaired) electrons. The van der Waals surface area contributed by atoms with Crippen LogP contribution in [0.5, 0.6) is 0 Å². The summed E-state index contributed by atoms with van der Waals surface area (Å²) in [5.41, 5.74) is 6.60. The van der Waals surface area contributed by atoms with Crippen molar-refractivity contribution >= 4 is 34.8 Å². The number of nitrogens with one attached hydrogen (secondary N) is 2. The predicted molar refractivity (Wildman–Crippen MR) is 110 cm³/mol. The van der Waals surface area contributed by atoms with Gasteiger partial charge in [0.2, 0.25) is 5.91 Å². The van der Waals surface area contributed by atoms with Gasteiger partial charge in [0.25, 0.3) is 5.91 Å². The molecule has 0 aromatic heterocycles. The number of carbonyl (C=O) groups is 2. The number of rotatable bonds is 2. The zero-order valence-corrected chi connectivity index (χ0v) is 16.5. The Bertz CT molecular complexity index is 959. The Kier molecular flexibility index (Phi) is 4.66. The summed E-state index contributed by atoms with van der Waals surface area (Å²) in [6.07, 6.45) is 0. The predicted octanol–water partition coefficient (Wildman–Crippen LogP) is 2.45. The topological polar surface area (TPSA) is 73.9 Å². The van der Waals surface area contributed by atoms with Crippen molar-refractivity contribution in [1.29, 1.82) is 0 Å². The van der Waals surface area contributed by atoms with E-state index in [1.807, 2.05) is 35.2 Å². The molecule has 5 rings (SSSR count). The maximum atomic E-state index is 13.0. The summed E-state index contributed by atoms with van der Waals surface area (Å²) in [5.74, 6) is -0.246. The van der Waals surface area contributed by atoms with Gasteiger partial charge in [-0.2, -0.15) is 0 Å². The fraction of sp³-hybridized carbons (Fsp3) is 0.333. The first-order valence-electron chi connectivity index (χ1n) is 9.72. The van der Waals surface area contributed by atoms with Crippen LogP contribution in [0.1, 0.15) is 22.0 Å². The minimum atomic E-state index is -0.244. The van der Waals surface area contributed by atoms with Gasteiger partial charge in [0, 0.05) is 35.9 Å². The number of halogens is 1. The van der Waals surface area contributed by atoms with Crippen molar-refractivity contribution in [3.8, 4) is 0 Å². The molecular formula is C21H21ClN4O3. The molecule has 2 unspecified atom stereocenters. The summed E-state index contributed by atoms with van der Waals surface area (Å²) in [4.78, 5) is 27.7. The first kappa shape index (κ1) is 18.4. The number of amides is 2. The number of hydrogen-bond donors (Lipinski definition) is 2. The summed E-state index contributed by atoms with van der Waals surface area (Å²) in [5, 5.41) is 5.54. The van der Waals surface area contributed by atoms with Crippen LogP contribution in [0, 0.1) is 5.92 Å². The summed E-state index contributed by atoms with van der Waals surface area (Å²) in [7, 11) is 0. The Morgan fingerprint density at radius 2 is 1.86 bits per heavy atom. The Hall–Kier alpha value is -2.61. The van der Waals surface area contributed by atoms with Crippen molar-refractivity contribution in [2.75, 3.05) is 43.2 Å². The van der Waals surface area contributed by atoms with Crippen molar-refractivity contribution < 1.29 is 14.3 Å². The second-order valence-electron chi connectivity index (χ2n) is 7.45. The van der Waals surface area contributed by atoms with Gasteiger partial charge >= 0.3 is 0 Å². The van der Waals surface area contributed by atoms with Gasteiger partial charge in [-0.15, -0.1) is 0 Å². The van der Waals surface area contributed by atoms with E-state index in [2.05, 4.69) is 10.7 Å². The highest BCUT2D eigenvalue weighted by Crippen LogP contribution is 2.40. The molecule has 2 N–H and O–H groups in total. The van der Waals surface area contributed by atoms with Crippen LogP contribution in [0.3, 0.4) is 0 Å². The van der Waals surface area contributed by atoms with Crippen LogP contribution < -0.4 is 15.8 Å². The standard InChI is InChI=1S/C21H21ClN4O3/c22-14-2-4-15(5-3-14)26-21(28)17-12-23-18-6-1-13(11-16(18)19(17)24-26)20(27)25-7-9-29-10-8-25/h1-6,11,17,19,23-24H,7-10,12H2. The van der Waals surface area contributed by atoms with E-state index in [-0.39, 0.29) is 23.8 Å². The van der Waals surface area contributed by atoms with Crippen molar-refractivity contribution in [3.05, 3.63) is 58.6 Å². The molecular weight excluding hydrogens is 392 g/mol. The maximum absolute atomic E-state index is 13.0. The molecule has 0 bridgehead atoms. The van der Waals surface area contributed by atoms with E-state index in [0.717, 1.165) is 16.9 Å². The zero-order chi connectivity index (χ0) is 20.0. The van der Waals surface area contributed by atoms with Gasteiger partial charge in [-0.05, 0) is 48.0 Å². The Labute approximate surface area is 173 Å². The summed E-state index contributed by atoms with van der Waals surface area (Å²) in [6.45, 7) is 2.87. The molecule has 0 aliphatic carbocycles. The van der Waals surface area contributed by atoms with E-state index in [1.54, 1.807) is 17.1 Å². The maximum Gasteiger partial charge on any atom is 0.254 e. The fourth-order valence-corrected chi connectivity index (χ4v) is 4.29. The molecule has 8 heteroatoms. The van der Waals surface area contributed by atoms with Crippen LogP contribution in [0.2, 0.25) is 5.02 Å². The molecule has 3 aliphatic heterocycles.